The minimum atomic E-state index is -0.186. The lowest BCUT2D eigenvalue weighted by molar-refractivity contribution is -0.121. The summed E-state index contributed by atoms with van der Waals surface area (Å²) < 4.78 is 0. The number of nitrogens with one attached hydrogen (secondary N) is 3. The van der Waals surface area contributed by atoms with Gasteiger partial charge in [0, 0.05) is 25.6 Å². The van der Waals surface area contributed by atoms with E-state index in [-0.39, 0.29) is 18.0 Å². The lowest BCUT2D eigenvalue weighted by Gasteiger charge is -2.30. The van der Waals surface area contributed by atoms with Crippen molar-refractivity contribution in [2.45, 2.75) is 58.9 Å². The van der Waals surface area contributed by atoms with Gasteiger partial charge in [0.1, 0.15) is 0 Å². The van der Waals surface area contributed by atoms with Crippen molar-refractivity contribution in [2.75, 3.05) is 32.7 Å². The molecule has 3 amide bonds. The molecule has 6 nitrogen and oxygen atoms in total. The summed E-state index contributed by atoms with van der Waals surface area (Å²) in [5.74, 6) is 0.843. The van der Waals surface area contributed by atoms with Crippen LogP contribution in [0.1, 0.15) is 52.9 Å². The average Bonchev–Trinajstić information content (AvgIpc) is 2.48. The number of rotatable bonds is 9. The molecular weight excluding hydrogens is 292 g/mol. The van der Waals surface area contributed by atoms with Crippen LogP contribution in [0.5, 0.6) is 0 Å². The molecule has 0 saturated carbocycles. The van der Waals surface area contributed by atoms with Gasteiger partial charge in [-0.3, -0.25) is 4.79 Å². The Morgan fingerprint density at radius 3 is 2.39 bits per heavy atom. The first-order valence-corrected chi connectivity index (χ1v) is 9.00. The molecule has 3 N–H and O–H groups in total. The first kappa shape index (κ1) is 19.7. The van der Waals surface area contributed by atoms with Gasteiger partial charge in [-0.2, -0.15) is 0 Å². The summed E-state index contributed by atoms with van der Waals surface area (Å²) in [7, 11) is 0. The molecule has 0 atom stereocenters. The molecule has 1 rings (SSSR count). The van der Waals surface area contributed by atoms with Crippen LogP contribution in [-0.4, -0.2) is 55.6 Å². The highest BCUT2D eigenvalue weighted by molar-refractivity contribution is 5.78. The van der Waals surface area contributed by atoms with E-state index >= 15 is 0 Å². The van der Waals surface area contributed by atoms with Crippen LogP contribution >= 0.6 is 0 Å². The van der Waals surface area contributed by atoms with Gasteiger partial charge in [0.15, 0.2) is 0 Å². The van der Waals surface area contributed by atoms with E-state index in [1.165, 1.54) is 25.9 Å². The average molecular weight is 326 g/mol. The van der Waals surface area contributed by atoms with Crippen LogP contribution < -0.4 is 16.0 Å². The molecule has 0 unspecified atom stereocenters. The number of unbranched alkanes of at least 4 members (excludes halogenated alkanes) is 1. The van der Waals surface area contributed by atoms with Crippen molar-refractivity contribution in [3.63, 3.8) is 0 Å². The number of piperidine rings is 1. The fourth-order valence-corrected chi connectivity index (χ4v) is 2.69. The zero-order valence-corrected chi connectivity index (χ0v) is 15.0. The van der Waals surface area contributed by atoms with Crippen LogP contribution in [0.25, 0.3) is 0 Å². The second-order valence-electron chi connectivity index (χ2n) is 6.89. The third-order valence-corrected chi connectivity index (χ3v) is 4.15. The number of hydrogen-bond donors (Lipinski definition) is 3. The van der Waals surface area contributed by atoms with E-state index in [0.717, 1.165) is 25.3 Å². The van der Waals surface area contributed by atoms with Crippen molar-refractivity contribution >= 4 is 11.9 Å². The first-order valence-electron chi connectivity index (χ1n) is 9.00. The summed E-state index contributed by atoms with van der Waals surface area (Å²) in [4.78, 5) is 25.5. The normalized spacial score (nSPS) is 16.3. The standard InChI is InChI=1S/C17H34N4O2/c1-14(2)20-16(22)6-10-19-17(23)18-9-4-5-11-21-12-7-15(3)8-13-21/h14-15H,4-13H2,1-3H3,(H,20,22)(H2,18,19,23). The summed E-state index contributed by atoms with van der Waals surface area (Å²) in [6.45, 7) is 10.8. The Morgan fingerprint density at radius 2 is 1.74 bits per heavy atom. The molecule has 1 aliphatic rings. The van der Waals surface area contributed by atoms with Crippen molar-refractivity contribution < 1.29 is 9.59 Å². The van der Waals surface area contributed by atoms with E-state index in [9.17, 15) is 9.59 Å². The summed E-state index contributed by atoms with van der Waals surface area (Å²) in [5, 5.41) is 8.35. The Kier molecular flexibility index (Phi) is 9.67. The maximum absolute atomic E-state index is 11.6. The van der Waals surface area contributed by atoms with Crippen LogP contribution in [-0.2, 0) is 4.79 Å². The number of hydrogen-bond acceptors (Lipinski definition) is 3. The highest BCUT2D eigenvalue weighted by Gasteiger charge is 2.14. The Balaban J connectivity index is 1.93. The van der Waals surface area contributed by atoms with E-state index in [0.29, 0.717) is 19.5 Å². The quantitative estimate of drug-likeness (QED) is 0.565. The topological polar surface area (TPSA) is 73.5 Å². The van der Waals surface area contributed by atoms with E-state index < -0.39 is 0 Å². The second-order valence-corrected chi connectivity index (χ2v) is 6.89. The molecule has 23 heavy (non-hydrogen) atoms. The molecule has 0 aliphatic carbocycles. The molecule has 1 fully saturated rings. The first-order chi connectivity index (χ1) is 11.0. The highest BCUT2D eigenvalue weighted by Crippen LogP contribution is 2.15. The number of likely N-dealkylation sites (tertiary alicyclic amines) is 1. The molecule has 1 saturated heterocycles. The summed E-state index contributed by atoms with van der Waals surface area (Å²) in [5.41, 5.74) is 0. The van der Waals surface area contributed by atoms with Crippen molar-refractivity contribution in [1.82, 2.24) is 20.9 Å². The number of amides is 3. The highest BCUT2D eigenvalue weighted by atomic mass is 16.2. The van der Waals surface area contributed by atoms with Crippen LogP contribution in [0, 0.1) is 5.92 Å². The second kappa shape index (κ2) is 11.3. The Labute approximate surface area is 140 Å². The molecule has 0 aromatic heterocycles. The van der Waals surface area contributed by atoms with E-state index in [2.05, 4.69) is 27.8 Å². The van der Waals surface area contributed by atoms with Gasteiger partial charge in [0.2, 0.25) is 5.91 Å². The molecule has 1 heterocycles. The lowest BCUT2D eigenvalue weighted by atomic mass is 9.99. The summed E-state index contributed by atoms with van der Waals surface area (Å²) in [6, 6.07) is -0.0476. The predicted octanol–water partition coefficient (Wildman–Crippen LogP) is 1.71. The minimum absolute atomic E-state index is 0.0313. The predicted molar refractivity (Wildman–Crippen MR) is 93.4 cm³/mol. The van der Waals surface area contributed by atoms with Crippen molar-refractivity contribution in [1.29, 1.82) is 0 Å². The maximum Gasteiger partial charge on any atom is 0.314 e. The van der Waals surface area contributed by atoms with Gasteiger partial charge in [-0.25, -0.2) is 4.79 Å². The number of carbonyl (C=O) groups is 2. The van der Waals surface area contributed by atoms with Gasteiger partial charge >= 0.3 is 6.03 Å². The van der Waals surface area contributed by atoms with Crippen molar-refractivity contribution in [3.05, 3.63) is 0 Å². The third-order valence-electron chi connectivity index (χ3n) is 4.15. The van der Waals surface area contributed by atoms with Crippen LogP contribution in [0.2, 0.25) is 0 Å². The van der Waals surface area contributed by atoms with E-state index in [1.54, 1.807) is 0 Å². The molecule has 0 aromatic carbocycles. The van der Waals surface area contributed by atoms with Gasteiger partial charge < -0.3 is 20.9 Å². The molecule has 134 valence electrons. The van der Waals surface area contributed by atoms with Crippen molar-refractivity contribution in [3.8, 4) is 0 Å². The minimum Gasteiger partial charge on any atom is -0.354 e. The molecule has 1 aliphatic heterocycles. The summed E-state index contributed by atoms with van der Waals surface area (Å²) in [6.07, 6.45) is 5.05. The fourth-order valence-electron chi connectivity index (χ4n) is 2.69. The van der Waals surface area contributed by atoms with Gasteiger partial charge in [0.25, 0.3) is 0 Å². The Hall–Kier alpha value is -1.30. The smallest absolute Gasteiger partial charge is 0.314 e. The van der Waals surface area contributed by atoms with E-state index in [4.69, 9.17) is 0 Å². The van der Waals surface area contributed by atoms with Crippen LogP contribution in [0.15, 0.2) is 0 Å². The Morgan fingerprint density at radius 1 is 1.09 bits per heavy atom. The van der Waals surface area contributed by atoms with Gasteiger partial charge in [-0.1, -0.05) is 6.92 Å². The lowest BCUT2D eigenvalue weighted by Crippen LogP contribution is -2.39. The zero-order valence-electron chi connectivity index (χ0n) is 15.0. The SMILES string of the molecule is CC1CCN(CCCCNC(=O)NCCC(=O)NC(C)C)CC1. The van der Waals surface area contributed by atoms with E-state index in [1.807, 2.05) is 13.8 Å². The van der Waals surface area contributed by atoms with Gasteiger partial charge in [-0.05, 0) is 65.1 Å². The molecule has 6 heteroatoms. The summed E-state index contributed by atoms with van der Waals surface area (Å²) >= 11 is 0. The molecular formula is C17H34N4O2. The maximum atomic E-state index is 11.6. The fraction of sp³-hybridized carbons (Fsp3) is 0.882. The van der Waals surface area contributed by atoms with Crippen LogP contribution in [0.4, 0.5) is 4.79 Å². The zero-order chi connectivity index (χ0) is 17.1. The molecule has 0 bridgehead atoms. The van der Waals surface area contributed by atoms with Gasteiger partial charge in [0.05, 0.1) is 0 Å². The number of carbonyl (C=O) groups excluding carboxylic acids is 2. The number of urea groups is 1. The number of nitrogens with zero attached hydrogens (tertiary/aromatic N) is 1. The largest absolute Gasteiger partial charge is 0.354 e. The van der Waals surface area contributed by atoms with Crippen LogP contribution in [0.3, 0.4) is 0 Å². The van der Waals surface area contributed by atoms with Gasteiger partial charge in [-0.15, -0.1) is 0 Å². The third kappa shape index (κ3) is 10.2. The molecule has 0 spiro atoms. The molecule has 0 aromatic rings. The Bertz CT molecular complexity index is 353. The van der Waals surface area contributed by atoms with Crippen molar-refractivity contribution in [2.24, 2.45) is 5.92 Å². The monoisotopic (exact) mass is 326 g/mol. The molecule has 0 radical (unpaired) electrons.